The van der Waals surface area contributed by atoms with Crippen molar-refractivity contribution in [3.63, 3.8) is 0 Å². The normalized spacial score (nSPS) is 12.5. The molecule has 2 aromatic rings. The number of benzene rings is 2. The van der Waals surface area contributed by atoms with Crippen LogP contribution in [-0.4, -0.2) is 5.11 Å². The predicted molar refractivity (Wildman–Crippen MR) is 74.0 cm³/mol. The largest absolute Gasteiger partial charge is 0.398 e. The molecule has 1 atom stereocenters. The molecular formula is C13H9BrClF2NO. The van der Waals surface area contributed by atoms with E-state index < -0.39 is 17.7 Å². The Morgan fingerprint density at radius 1 is 1.16 bits per heavy atom. The second-order valence-corrected chi connectivity index (χ2v) is 5.17. The number of nitrogen functional groups attached to an aromatic ring is 1. The molecule has 19 heavy (non-hydrogen) atoms. The van der Waals surface area contributed by atoms with Crippen LogP contribution < -0.4 is 5.73 Å². The summed E-state index contributed by atoms with van der Waals surface area (Å²) in [5, 5.41) is 9.99. The van der Waals surface area contributed by atoms with Gasteiger partial charge in [-0.25, -0.2) is 8.78 Å². The number of aliphatic hydroxyl groups is 1. The van der Waals surface area contributed by atoms with Gasteiger partial charge in [-0.3, -0.25) is 0 Å². The van der Waals surface area contributed by atoms with Crippen molar-refractivity contribution in [2.45, 2.75) is 6.10 Å². The van der Waals surface area contributed by atoms with Crippen LogP contribution in [0.3, 0.4) is 0 Å². The molecule has 3 N–H and O–H groups in total. The topological polar surface area (TPSA) is 46.2 Å². The zero-order chi connectivity index (χ0) is 14.2. The highest BCUT2D eigenvalue weighted by Gasteiger charge is 2.20. The van der Waals surface area contributed by atoms with Crippen molar-refractivity contribution >= 4 is 33.2 Å². The SMILES string of the molecule is Nc1ccc(F)cc1C(O)c1ccc(Br)c(Cl)c1F. The fourth-order valence-electron chi connectivity index (χ4n) is 1.70. The first-order chi connectivity index (χ1) is 8.91. The lowest BCUT2D eigenvalue weighted by Gasteiger charge is -2.15. The maximum absolute atomic E-state index is 14.0. The van der Waals surface area contributed by atoms with Gasteiger partial charge in [-0.1, -0.05) is 17.7 Å². The van der Waals surface area contributed by atoms with Crippen LogP contribution in [0.2, 0.25) is 5.02 Å². The Morgan fingerprint density at radius 2 is 1.84 bits per heavy atom. The third-order valence-corrected chi connectivity index (χ3v) is 3.96. The van der Waals surface area contributed by atoms with Gasteiger partial charge in [0.15, 0.2) is 0 Å². The van der Waals surface area contributed by atoms with Gasteiger partial charge in [-0.05, 0) is 40.2 Å². The van der Waals surface area contributed by atoms with Gasteiger partial charge in [0.1, 0.15) is 17.7 Å². The molecule has 1 unspecified atom stereocenters. The van der Waals surface area contributed by atoms with E-state index in [9.17, 15) is 13.9 Å². The number of nitrogens with two attached hydrogens (primary N) is 1. The first kappa shape index (κ1) is 14.2. The van der Waals surface area contributed by atoms with E-state index in [1.165, 1.54) is 18.2 Å². The molecule has 0 amide bonds. The molecule has 0 radical (unpaired) electrons. The lowest BCUT2D eigenvalue weighted by atomic mass is 9.99. The van der Waals surface area contributed by atoms with Crippen molar-refractivity contribution in [1.29, 1.82) is 0 Å². The molecule has 0 heterocycles. The van der Waals surface area contributed by atoms with Crippen LogP contribution in [0.1, 0.15) is 17.2 Å². The summed E-state index contributed by atoms with van der Waals surface area (Å²) in [6.07, 6.45) is -1.39. The first-order valence-electron chi connectivity index (χ1n) is 5.28. The molecular weight excluding hydrogens is 340 g/mol. The number of aliphatic hydroxyl groups excluding tert-OH is 1. The van der Waals surface area contributed by atoms with Crippen molar-refractivity contribution in [1.82, 2.24) is 0 Å². The molecule has 2 aromatic carbocycles. The minimum Gasteiger partial charge on any atom is -0.398 e. The fourth-order valence-corrected chi connectivity index (χ4v) is 2.18. The minimum atomic E-state index is -1.39. The smallest absolute Gasteiger partial charge is 0.149 e. The molecule has 0 bridgehead atoms. The van der Waals surface area contributed by atoms with Crippen LogP contribution in [0.15, 0.2) is 34.8 Å². The summed E-state index contributed by atoms with van der Waals surface area (Å²) in [5.74, 6) is -1.33. The molecule has 0 aliphatic carbocycles. The van der Waals surface area contributed by atoms with E-state index >= 15 is 0 Å². The fraction of sp³-hybridized carbons (Fsp3) is 0.0769. The summed E-state index contributed by atoms with van der Waals surface area (Å²) in [4.78, 5) is 0. The standard InChI is InChI=1S/C13H9BrClF2NO/c14-9-3-2-7(12(17)11(9)15)13(19)8-5-6(16)1-4-10(8)18/h1-5,13,19H,18H2. The van der Waals surface area contributed by atoms with Crippen molar-refractivity contribution in [2.75, 3.05) is 5.73 Å². The monoisotopic (exact) mass is 347 g/mol. The molecule has 2 rings (SSSR count). The van der Waals surface area contributed by atoms with Crippen LogP contribution in [0.4, 0.5) is 14.5 Å². The van der Waals surface area contributed by atoms with E-state index in [1.54, 1.807) is 0 Å². The third kappa shape index (κ3) is 2.73. The Hall–Kier alpha value is -1.17. The zero-order valence-electron chi connectivity index (χ0n) is 9.50. The Labute approximate surface area is 121 Å². The number of hydrogen-bond donors (Lipinski definition) is 2. The molecule has 0 saturated heterocycles. The highest BCUT2D eigenvalue weighted by atomic mass is 79.9. The van der Waals surface area contributed by atoms with Gasteiger partial charge in [0.25, 0.3) is 0 Å². The quantitative estimate of drug-likeness (QED) is 0.635. The predicted octanol–water partition coefficient (Wildman–Crippen LogP) is 4.04. The molecule has 100 valence electrons. The number of anilines is 1. The molecule has 0 saturated carbocycles. The van der Waals surface area contributed by atoms with Gasteiger partial charge in [0, 0.05) is 21.3 Å². The molecule has 0 fully saturated rings. The van der Waals surface area contributed by atoms with Crippen LogP contribution in [0.25, 0.3) is 0 Å². The van der Waals surface area contributed by atoms with Crippen molar-refractivity contribution in [3.8, 4) is 0 Å². The van der Waals surface area contributed by atoms with Gasteiger partial charge in [-0.2, -0.15) is 0 Å². The number of rotatable bonds is 2. The van der Waals surface area contributed by atoms with Gasteiger partial charge < -0.3 is 10.8 Å². The Balaban J connectivity index is 2.53. The van der Waals surface area contributed by atoms with E-state index in [-0.39, 0.29) is 21.8 Å². The maximum atomic E-state index is 14.0. The van der Waals surface area contributed by atoms with Gasteiger partial charge in [0.2, 0.25) is 0 Å². The average Bonchev–Trinajstić information content (AvgIpc) is 2.38. The lowest BCUT2D eigenvalue weighted by Crippen LogP contribution is -2.07. The summed E-state index contributed by atoms with van der Waals surface area (Å²) in [5.41, 5.74) is 5.86. The molecule has 2 nitrogen and oxygen atoms in total. The molecule has 0 aliphatic rings. The molecule has 0 aliphatic heterocycles. The van der Waals surface area contributed by atoms with E-state index in [0.29, 0.717) is 4.47 Å². The van der Waals surface area contributed by atoms with E-state index in [2.05, 4.69) is 15.9 Å². The van der Waals surface area contributed by atoms with Crippen molar-refractivity contribution in [2.24, 2.45) is 0 Å². The highest BCUT2D eigenvalue weighted by molar-refractivity contribution is 9.10. The van der Waals surface area contributed by atoms with E-state index in [4.69, 9.17) is 17.3 Å². The van der Waals surface area contributed by atoms with Gasteiger partial charge >= 0.3 is 0 Å². The van der Waals surface area contributed by atoms with E-state index in [1.807, 2.05) is 0 Å². The summed E-state index contributed by atoms with van der Waals surface area (Å²) in [7, 11) is 0. The number of hydrogen-bond acceptors (Lipinski definition) is 2. The third-order valence-electron chi connectivity index (χ3n) is 2.70. The summed E-state index contributed by atoms with van der Waals surface area (Å²) in [6, 6.07) is 6.40. The molecule has 0 spiro atoms. The second kappa shape index (κ2) is 5.45. The average molecular weight is 349 g/mol. The summed E-state index contributed by atoms with van der Waals surface area (Å²) >= 11 is 8.82. The van der Waals surface area contributed by atoms with Crippen LogP contribution in [0.5, 0.6) is 0 Å². The Bertz CT molecular complexity index is 636. The Morgan fingerprint density at radius 3 is 2.53 bits per heavy atom. The summed E-state index contributed by atoms with van der Waals surface area (Å²) < 4.78 is 27.5. The van der Waals surface area contributed by atoms with Gasteiger partial charge in [0.05, 0.1) is 5.02 Å². The second-order valence-electron chi connectivity index (χ2n) is 3.94. The highest BCUT2D eigenvalue weighted by Crippen LogP contribution is 2.34. The zero-order valence-corrected chi connectivity index (χ0v) is 11.8. The number of halogens is 4. The lowest BCUT2D eigenvalue weighted by molar-refractivity contribution is 0.215. The summed E-state index contributed by atoms with van der Waals surface area (Å²) in [6.45, 7) is 0. The van der Waals surface area contributed by atoms with Crippen molar-refractivity contribution in [3.05, 3.63) is 62.6 Å². The van der Waals surface area contributed by atoms with E-state index in [0.717, 1.165) is 12.1 Å². The molecule has 0 aromatic heterocycles. The molecule has 6 heteroatoms. The van der Waals surface area contributed by atoms with Crippen molar-refractivity contribution < 1.29 is 13.9 Å². The van der Waals surface area contributed by atoms with Crippen LogP contribution >= 0.6 is 27.5 Å². The minimum absolute atomic E-state index is 0.0644. The first-order valence-corrected chi connectivity index (χ1v) is 6.45. The maximum Gasteiger partial charge on any atom is 0.149 e. The Kier molecular flexibility index (Phi) is 4.08. The van der Waals surface area contributed by atoms with Gasteiger partial charge in [-0.15, -0.1) is 0 Å². The van der Waals surface area contributed by atoms with Crippen LogP contribution in [-0.2, 0) is 0 Å². The van der Waals surface area contributed by atoms with Crippen LogP contribution in [0, 0.1) is 11.6 Å².